The Morgan fingerprint density at radius 1 is 1.61 bits per heavy atom. The highest BCUT2D eigenvalue weighted by Gasteiger charge is 2.21. The largest absolute Gasteiger partial charge is 0.389 e. The lowest BCUT2D eigenvalue weighted by Crippen LogP contribution is -2.32. The fourth-order valence-electron chi connectivity index (χ4n) is 2.20. The van der Waals surface area contributed by atoms with Crippen LogP contribution in [0.4, 0.5) is 4.39 Å². The predicted molar refractivity (Wildman–Crippen MR) is 73.0 cm³/mol. The van der Waals surface area contributed by atoms with Gasteiger partial charge >= 0.3 is 0 Å². The zero-order valence-electron chi connectivity index (χ0n) is 10.4. The van der Waals surface area contributed by atoms with Gasteiger partial charge in [0.1, 0.15) is 10.8 Å². The second-order valence-electron chi connectivity index (χ2n) is 4.60. The van der Waals surface area contributed by atoms with Crippen molar-refractivity contribution in [1.82, 2.24) is 4.90 Å². The van der Waals surface area contributed by atoms with E-state index < -0.39 is 0 Å². The number of ether oxygens (including phenoxy) is 1. The Kier molecular flexibility index (Phi) is 4.27. The number of halogens is 1. The van der Waals surface area contributed by atoms with Gasteiger partial charge in [0, 0.05) is 24.8 Å². The van der Waals surface area contributed by atoms with Crippen molar-refractivity contribution >= 4 is 17.2 Å². The van der Waals surface area contributed by atoms with Crippen LogP contribution >= 0.6 is 12.2 Å². The normalized spacial score (nSPS) is 19.4. The fourth-order valence-corrected chi connectivity index (χ4v) is 2.40. The first-order valence-electron chi connectivity index (χ1n) is 5.94. The van der Waals surface area contributed by atoms with Crippen LogP contribution in [0.15, 0.2) is 18.2 Å². The monoisotopic (exact) mass is 268 g/mol. The van der Waals surface area contributed by atoms with E-state index in [0.29, 0.717) is 17.6 Å². The molecule has 0 amide bonds. The Balaban J connectivity index is 2.16. The van der Waals surface area contributed by atoms with E-state index in [0.717, 1.165) is 30.8 Å². The molecule has 1 aliphatic heterocycles. The first kappa shape index (κ1) is 13.4. The number of likely N-dealkylation sites (N-methyl/N-ethyl adjacent to an activating group) is 1. The van der Waals surface area contributed by atoms with Crippen molar-refractivity contribution in [2.75, 3.05) is 20.3 Å². The molecular formula is C13H17FN2OS. The first-order valence-corrected chi connectivity index (χ1v) is 6.35. The van der Waals surface area contributed by atoms with Crippen LogP contribution in [0.5, 0.6) is 0 Å². The van der Waals surface area contributed by atoms with Crippen molar-refractivity contribution in [2.45, 2.75) is 19.0 Å². The number of benzene rings is 1. The molecule has 1 heterocycles. The second kappa shape index (κ2) is 5.73. The Labute approximate surface area is 112 Å². The molecule has 3 nitrogen and oxygen atoms in total. The maximum Gasteiger partial charge on any atom is 0.123 e. The smallest absolute Gasteiger partial charge is 0.123 e. The van der Waals surface area contributed by atoms with E-state index in [4.69, 9.17) is 22.7 Å². The predicted octanol–water partition coefficient (Wildman–Crippen LogP) is 1.68. The van der Waals surface area contributed by atoms with Crippen LogP contribution in [-0.4, -0.2) is 36.2 Å². The Morgan fingerprint density at radius 2 is 2.39 bits per heavy atom. The number of nitrogens with two attached hydrogens (primary N) is 1. The molecule has 1 aromatic carbocycles. The quantitative estimate of drug-likeness (QED) is 0.843. The molecule has 0 saturated carbocycles. The molecule has 1 fully saturated rings. The summed E-state index contributed by atoms with van der Waals surface area (Å²) in [7, 11) is 2.01. The molecule has 1 unspecified atom stereocenters. The summed E-state index contributed by atoms with van der Waals surface area (Å²) in [6.07, 6.45) is 1.01. The Bertz CT molecular complexity index is 447. The van der Waals surface area contributed by atoms with Crippen LogP contribution in [0, 0.1) is 5.82 Å². The first-order chi connectivity index (χ1) is 8.58. The van der Waals surface area contributed by atoms with Crippen molar-refractivity contribution < 1.29 is 9.13 Å². The van der Waals surface area contributed by atoms with Crippen LogP contribution in [0.3, 0.4) is 0 Å². The van der Waals surface area contributed by atoms with Crippen LogP contribution < -0.4 is 5.73 Å². The maximum atomic E-state index is 13.3. The number of nitrogens with zero attached hydrogens (tertiary/aromatic N) is 1. The molecule has 2 rings (SSSR count). The van der Waals surface area contributed by atoms with Crippen LogP contribution in [-0.2, 0) is 11.3 Å². The molecule has 2 N–H and O–H groups in total. The minimum atomic E-state index is -0.263. The number of hydrogen-bond acceptors (Lipinski definition) is 3. The van der Waals surface area contributed by atoms with E-state index in [2.05, 4.69) is 4.90 Å². The molecule has 0 radical (unpaired) electrons. The third-order valence-electron chi connectivity index (χ3n) is 3.28. The van der Waals surface area contributed by atoms with Gasteiger partial charge in [-0.3, -0.25) is 4.90 Å². The topological polar surface area (TPSA) is 38.5 Å². The molecule has 0 spiro atoms. The van der Waals surface area contributed by atoms with Crippen LogP contribution in [0.25, 0.3) is 0 Å². The number of thiocarbonyl (C=S) groups is 1. The molecule has 18 heavy (non-hydrogen) atoms. The average Bonchev–Trinajstić information content (AvgIpc) is 2.81. The standard InChI is InChI=1S/C13H17FN2OS/c1-16(11-4-5-17-8-11)7-9-6-10(14)2-3-12(9)13(15)18/h2-3,6,11H,4-5,7-8H2,1H3,(H2,15,18). The van der Waals surface area contributed by atoms with Crippen molar-refractivity contribution in [1.29, 1.82) is 0 Å². The number of rotatable bonds is 4. The van der Waals surface area contributed by atoms with Crippen LogP contribution in [0.1, 0.15) is 17.5 Å². The minimum absolute atomic E-state index is 0.263. The van der Waals surface area contributed by atoms with E-state index >= 15 is 0 Å². The van der Waals surface area contributed by atoms with Crippen molar-refractivity contribution in [3.8, 4) is 0 Å². The molecular weight excluding hydrogens is 251 g/mol. The summed E-state index contributed by atoms with van der Waals surface area (Å²) < 4.78 is 18.7. The third kappa shape index (κ3) is 3.04. The van der Waals surface area contributed by atoms with Gasteiger partial charge in [-0.15, -0.1) is 0 Å². The summed E-state index contributed by atoms with van der Waals surface area (Å²) in [6, 6.07) is 4.91. The fraction of sp³-hybridized carbons (Fsp3) is 0.462. The van der Waals surface area contributed by atoms with Crippen molar-refractivity contribution in [3.05, 3.63) is 35.1 Å². The highest BCUT2D eigenvalue weighted by Crippen LogP contribution is 2.17. The van der Waals surface area contributed by atoms with Gasteiger partial charge in [-0.1, -0.05) is 12.2 Å². The van der Waals surface area contributed by atoms with Gasteiger partial charge in [-0.05, 0) is 37.2 Å². The lowest BCUT2D eigenvalue weighted by Gasteiger charge is -2.24. The summed E-state index contributed by atoms with van der Waals surface area (Å²) >= 11 is 4.99. The molecule has 1 aromatic rings. The molecule has 98 valence electrons. The molecule has 1 aliphatic rings. The van der Waals surface area contributed by atoms with E-state index in [1.165, 1.54) is 12.1 Å². The van der Waals surface area contributed by atoms with E-state index in [-0.39, 0.29) is 5.82 Å². The highest BCUT2D eigenvalue weighted by atomic mass is 32.1. The van der Waals surface area contributed by atoms with Gasteiger partial charge < -0.3 is 10.5 Å². The van der Waals surface area contributed by atoms with Gasteiger partial charge in [-0.2, -0.15) is 0 Å². The van der Waals surface area contributed by atoms with E-state index in [9.17, 15) is 4.39 Å². The molecule has 0 aromatic heterocycles. The van der Waals surface area contributed by atoms with Gasteiger partial charge in [0.25, 0.3) is 0 Å². The lowest BCUT2D eigenvalue weighted by atomic mass is 10.1. The second-order valence-corrected chi connectivity index (χ2v) is 5.04. The summed E-state index contributed by atoms with van der Waals surface area (Å²) in [5.41, 5.74) is 7.24. The van der Waals surface area contributed by atoms with Crippen molar-refractivity contribution in [3.63, 3.8) is 0 Å². The van der Waals surface area contributed by atoms with Crippen molar-refractivity contribution in [2.24, 2.45) is 5.73 Å². The Morgan fingerprint density at radius 3 is 3.00 bits per heavy atom. The Hall–Kier alpha value is -1.04. The minimum Gasteiger partial charge on any atom is -0.389 e. The molecule has 0 bridgehead atoms. The summed E-state index contributed by atoms with van der Waals surface area (Å²) in [4.78, 5) is 2.46. The zero-order valence-corrected chi connectivity index (χ0v) is 11.2. The SMILES string of the molecule is CN(Cc1cc(F)ccc1C(N)=S)C1CCOC1. The lowest BCUT2D eigenvalue weighted by molar-refractivity contribution is 0.156. The maximum absolute atomic E-state index is 13.3. The van der Waals surface area contributed by atoms with E-state index in [1.54, 1.807) is 6.07 Å². The van der Waals surface area contributed by atoms with Gasteiger partial charge in [0.2, 0.25) is 0 Å². The van der Waals surface area contributed by atoms with Gasteiger partial charge in [0.15, 0.2) is 0 Å². The molecule has 5 heteroatoms. The van der Waals surface area contributed by atoms with Crippen LogP contribution in [0.2, 0.25) is 0 Å². The van der Waals surface area contributed by atoms with Gasteiger partial charge in [0.05, 0.1) is 6.61 Å². The van der Waals surface area contributed by atoms with E-state index in [1.807, 2.05) is 7.05 Å². The summed E-state index contributed by atoms with van der Waals surface area (Å²) in [6.45, 7) is 2.15. The summed E-state index contributed by atoms with van der Waals surface area (Å²) in [5, 5.41) is 0. The highest BCUT2D eigenvalue weighted by molar-refractivity contribution is 7.80. The molecule has 1 atom stereocenters. The zero-order chi connectivity index (χ0) is 13.1. The van der Waals surface area contributed by atoms with Gasteiger partial charge in [-0.25, -0.2) is 4.39 Å². The third-order valence-corrected chi connectivity index (χ3v) is 3.50. The molecule has 1 saturated heterocycles. The number of hydrogen-bond donors (Lipinski definition) is 1. The molecule has 0 aliphatic carbocycles. The average molecular weight is 268 g/mol. The summed E-state index contributed by atoms with van der Waals surface area (Å²) in [5.74, 6) is -0.263.